The van der Waals surface area contributed by atoms with Crippen LogP contribution in [0.15, 0.2) is 40.9 Å². The Morgan fingerprint density at radius 3 is 2.44 bits per heavy atom. The number of sulfonamides is 1. The molecule has 0 aliphatic carbocycles. The summed E-state index contributed by atoms with van der Waals surface area (Å²) in [6.45, 7) is 0. The van der Waals surface area contributed by atoms with E-state index < -0.39 is 25.8 Å². The first-order valence-electron chi connectivity index (χ1n) is 7.12. The molecule has 1 atom stereocenters. The van der Waals surface area contributed by atoms with Crippen LogP contribution in [-0.2, 0) is 24.7 Å². The maximum atomic E-state index is 12.1. The fourth-order valence-corrected chi connectivity index (χ4v) is 4.40. The summed E-state index contributed by atoms with van der Waals surface area (Å²) in [5.41, 5.74) is 0.0433. The molecule has 1 aromatic rings. The Morgan fingerprint density at radius 1 is 1.32 bits per heavy atom. The number of nitrogens with one attached hydrogen (secondary N) is 2. The van der Waals surface area contributed by atoms with Gasteiger partial charge in [-0.2, -0.15) is 5.26 Å². The van der Waals surface area contributed by atoms with Crippen LogP contribution in [0.4, 0.5) is 5.69 Å². The second kappa shape index (κ2) is 7.22. The van der Waals surface area contributed by atoms with Gasteiger partial charge in [0.15, 0.2) is 9.84 Å². The van der Waals surface area contributed by atoms with Crippen molar-refractivity contribution < 1.29 is 21.6 Å². The van der Waals surface area contributed by atoms with Crippen molar-refractivity contribution in [2.45, 2.75) is 17.4 Å². The molecule has 134 valence electrons. The molecule has 1 unspecified atom stereocenters. The minimum atomic E-state index is -3.83. The molecule has 1 heterocycles. The third-order valence-electron chi connectivity index (χ3n) is 3.50. The van der Waals surface area contributed by atoms with Gasteiger partial charge in [-0.25, -0.2) is 22.0 Å². The van der Waals surface area contributed by atoms with E-state index in [1.807, 2.05) is 0 Å². The van der Waals surface area contributed by atoms with E-state index in [-0.39, 0.29) is 33.7 Å². The average Bonchev–Trinajstić information content (AvgIpc) is 2.87. The van der Waals surface area contributed by atoms with E-state index in [4.69, 9.17) is 10.4 Å². The number of hydrogen-bond acceptors (Lipinski definition) is 7. The van der Waals surface area contributed by atoms with Crippen LogP contribution in [0.1, 0.15) is 6.42 Å². The van der Waals surface area contributed by atoms with Crippen LogP contribution in [0.2, 0.25) is 0 Å². The van der Waals surface area contributed by atoms with Crippen LogP contribution in [-0.4, -0.2) is 40.3 Å². The number of nitrogens with two attached hydrogens (primary N) is 1. The number of anilines is 1. The highest BCUT2D eigenvalue weighted by Crippen LogP contribution is 2.14. The molecule has 0 bridgehead atoms. The monoisotopic (exact) mass is 384 g/mol. The van der Waals surface area contributed by atoms with E-state index in [0.29, 0.717) is 6.42 Å². The predicted octanol–water partition coefficient (Wildman–Crippen LogP) is -0.543. The van der Waals surface area contributed by atoms with Gasteiger partial charge in [-0.15, -0.1) is 0 Å². The van der Waals surface area contributed by atoms with Crippen molar-refractivity contribution in [2.24, 2.45) is 5.14 Å². The summed E-state index contributed by atoms with van der Waals surface area (Å²) in [6.07, 6.45) is 1.59. The molecule has 1 aliphatic rings. The van der Waals surface area contributed by atoms with Crippen molar-refractivity contribution >= 4 is 31.5 Å². The molecule has 4 N–H and O–H groups in total. The predicted molar refractivity (Wildman–Crippen MR) is 90.3 cm³/mol. The first-order chi connectivity index (χ1) is 11.6. The lowest BCUT2D eigenvalue weighted by atomic mass is 10.2. The summed E-state index contributed by atoms with van der Waals surface area (Å²) in [6, 6.07) is 6.51. The highest BCUT2D eigenvalue weighted by molar-refractivity contribution is 7.91. The third-order valence-corrected chi connectivity index (χ3v) is 6.20. The fourth-order valence-electron chi connectivity index (χ4n) is 2.20. The Hall–Kier alpha value is -2.42. The van der Waals surface area contributed by atoms with Crippen molar-refractivity contribution in [3.05, 3.63) is 36.0 Å². The number of primary sulfonamides is 1. The van der Waals surface area contributed by atoms with Gasteiger partial charge in [-0.05, 0) is 30.7 Å². The van der Waals surface area contributed by atoms with Crippen LogP contribution >= 0.6 is 0 Å². The lowest BCUT2D eigenvalue weighted by molar-refractivity contribution is -0.112. The summed E-state index contributed by atoms with van der Waals surface area (Å²) < 4.78 is 45.1. The molecule has 9 nitrogen and oxygen atoms in total. The maximum Gasteiger partial charge on any atom is 0.267 e. The molecular weight excluding hydrogens is 368 g/mol. The summed E-state index contributed by atoms with van der Waals surface area (Å²) in [7, 11) is -6.90. The number of nitriles is 1. The third kappa shape index (κ3) is 5.28. The number of amides is 1. The minimum Gasteiger partial charge on any atom is -0.386 e. The molecule has 0 saturated carbocycles. The molecule has 1 aromatic carbocycles. The minimum absolute atomic E-state index is 0.0428. The van der Waals surface area contributed by atoms with Crippen molar-refractivity contribution in [1.29, 1.82) is 5.26 Å². The molecule has 1 saturated heterocycles. The first-order valence-corrected chi connectivity index (χ1v) is 10.5. The number of benzene rings is 1. The normalized spacial score (nSPS) is 19.8. The Bertz CT molecular complexity index is 944. The average molecular weight is 384 g/mol. The fraction of sp³-hybridized carbons (Fsp3) is 0.286. The number of sulfone groups is 1. The van der Waals surface area contributed by atoms with Gasteiger partial charge in [0.25, 0.3) is 5.91 Å². The molecule has 0 radical (unpaired) electrons. The Kier molecular flexibility index (Phi) is 5.46. The first kappa shape index (κ1) is 18.9. The topological polar surface area (TPSA) is 159 Å². The lowest BCUT2D eigenvalue weighted by Crippen LogP contribution is -2.27. The molecule has 0 aromatic heterocycles. The van der Waals surface area contributed by atoms with Gasteiger partial charge < -0.3 is 10.6 Å². The van der Waals surface area contributed by atoms with E-state index in [1.54, 1.807) is 6.07 Å². The zero-order valence-electron chi connectivity index (χ0n) is 13.0. The van der Waals surface area contributed by atoms with Gasteiger partial charge in [0.2, 0.25) is 10.0 Å². The van der Waals surface area contributed by atoms with E-state index in [0.717, 1.165) is 0 Å². The number of carbonyl (C=O) groups is 1. The van der Waals surface area contributed by atoms with Crippen molar-refractivity contribution in [3.63, 3.8) is 0 Å². The van der Waals surface area contributed by atoms with Gasteiger partial charge in [-0.1, -0.05) is 0 Å². The smallest absolute Gasteiger partial charge is 0.267 e. The Morgan fingerprint density at radius 2 is 1.96 bits per heavy atom. The molecule has 0 spiro atoms. The molecule has 2 rings (SSSR count). The standard InChI is InChI=1S/C14H16N4O5S2/c15-7-10(8-17-12-5-6-24(20,21)9-12)14(19)18-11-1-3-13(4-2-11)25(16,22)23/h1-4,8,12,17H,5-6,9H2,(H,18,19)(H2,16,22,23)/b10-8-. The van der Waals surface area contributed by atoms with E-state index in [1.165, 1.54) is 30.5 Å². The van der Waals surface area contributed by atoms with Crippen LogP contribution in [0, 0.1) is 11.3 Å². The Balaban J connectivity index is 2.02. The van der Waals surface area contributed by atoms with Crippen LogP contribution < -0.4 is 15.8 Å². The highest BCUT2D eigenvalue weighted by Gasteiger charge is 2.27. The van der Waals surface area contributed by atoms with Gasteiger partial charge in [0.05, 0.1) is 16.4 Å². The summed E-state index contributed by atoms with van der Waals surface area (Å²) in [5, 5.41) is 19.2. The quantitative estimate of drug-likeness (QED) is 0.454. The second-order valence-electron chi connectivity index (χ2n) is 5.46. The maximum absolute atomic E-state index is 12.1. The second-order valence-corrected chi connectivity index (χ2v) is 9.25. The largest absolute Gasteiger partial charge is 0.386 e. The molecular formula is C14H16N4O5S2. The van der Waals surface area contributed by atoms with Gasteiger partial charge >= 0.3 is 0 Å². The number of carbonyl (C=O) groups excluding carboxylic acids is 1. The van der Waals surface area contributed by atoms with Crippen molar-refractivity contribution in [2.75, 3.05) is 16.8 Å². The lowest BCUT2D eigenvalue weighted by Gasteiger charge is -2.09. The molecule has 1 aliphatic heterocycles. The number of nitrogens with zero attached hydrogens (tertiary/aromatic N) is 1. The molecule has 1 fully saturated rings. The number of hydrogen-bond donors (Lipinski definition) is 3. The van der Waals surface area contributed by atoms with Crippen LogP contribution in [0.3, 0.4) is 0 Å². The van der Waals surface area contributed by atoms with Crippen LogP contribution in [0.5, 0.6) is 0 Å². The van der Waals surface area contributed by atoms with E-state index >= 15 is 0 Å². The van der Waals surface area contributed by atoms with Crippen LogP contribution in [0.25, 0.3) is 0 Å². The van der Waals surface area contributed by atoms with Gasteiger partial charge in [-0.3, -0.25) is 4.79 Å². The molecule has 25 heavy (non-hydrogen) atoms. The van der Waals surface area contributed by atoms with Gasteiger partial charge in [0.1, 0.15) is 11.6 Å². The SMILES string of the molecule is N#C/C(=C/NC1CCS(=O)(=O)C1)C(=O)Nc1ccc(S(N)(=O)=O)cc1. The van der Waals surface area contributed by atoms with Gasteiger partial charge in [0, 0.05) is 17.9 Å². The molecule has 1 amide bonds. The Labute approximate surface area is 145 Å². The zero-order chi connectivity index (χ0) is 18.7. The zero-order valence-corrected chi connectivity index (χ0v) is 14.6. The highest BCUT2D eigenvalue weighted by atomic mass is 32.2. The summed E-state index contributed by atoms with van der Waals surface area (Å²) in [5.74, 6) is -0.679. The molecule has 11 heteroatoms. The van der Waals surface area contributed by atoms with Crippen molar-refractivity contribution in [3.8, 4) is 6.07 Å². The summed E-state index contributed by atoms with van der Waals surface area (Å²) >= 11 is 0. The van der Waals surface area contributed by atoms with E-state index in [9.17, 15) is 21.6 Å². The summed E-state index contributed by atoms with van der Waals surface area (Å²) in [4.78, 5) is 11.9. The number of rotatable bonds is 5. The van der Waals surface area contributed by atoms with E-state index in [2.05, 4.69) is 10.6 Å². The van der Waals surface area contributed by atoms with Crippen molar-refractivity contribution in [1.82, 2.24) is 5.32 Å².